The molecule has 0 aliphatic heterocycles. The van der Waals surface area contributed by atoms with Crippen molar-refractivity contribution in [2.75, 3.05) is 0 Å². The fourth-order valence-electron chi connectivity index (χ4n) is 2.41. The highest BCUT2D eigenvalue weighted by molar-refractivity contribution is 7.89. The number of primary sulfonamides is 1. The van der Waals surface area contributed by atoms with Gasteiger partial charge in [-0.3, -0.25) is 5.10 Å². The lowest BCUT2D eigenvalue weighted by Crippen LogP contribution is -2.11. The first kappa shape index (κ1) is 15.7. The zero-order valence-corrected chi connectivity index (χ0v) is 13.8. The summed E-state index contributed by atoms with van der Waals surface area (Å²) in [6, 6.07) is 13.8. The number of nitrogens with zero attached hydrogens (tertiary/aromatic N) is 1. The molecular formula is C16H14ClN3O2S. The molecule has 0 atom stereocenters. The first-order valence-electron chi connectivity index (χ1n) is 6.80. The Balaban J connectivity index is 2.10. The van der Waals surface area contributed by atoms with E-state index in [1.807, 2.05) is 31.2 Å². The van der Waals surface area contributed by atoms with Crippen LogP contribution < -0.4 is 5.14 Å². The summed E-state index contributed by atoms with van der Waals surface area (Å²) in [7, 11) is -3.71. The van der Waals surface area contributed by atoms with Gasteiger partial charge in [0.2, 0.25) is 10.0 Å². The van der Waals surface area contributed by atoms with Crippen molar-refractivity contribution in [2.45, 2.75) is 11.8 Å². The largest absolute Gasteiger partial charge is 0.282 e. The fraction of sp³-hybridized carbons (Fsp3) is 0.0625. The van der Waals surface area contributed by atoms with E-state index in [1.54, 1.807) is 12.1 Å². The summed E-state index contributed by atoms with van der Waals surface area (Å²) in [5.41, 5.74) is 4.38. The molecule has 0 spiro atoms. The van der Waals surface area contributed by atoms with Crippen LogP contribution in [-0.2, 0) is 10.0 Å². The Kier molecular flexibility index (Phi) is 3.97. The summed E-state index contributed by atoms with van der Waals surface area (Å²) in [6.07, 6.45) is 0. The van der Waals surface area contributed by atoms with E-state index in [9.17, 15) is 8.42 Å². The molecule has 23 heavy (non-hydrogen) atoms. The van der Waals surface area contributed by atoms with Crippen LogP contribution in [0.15, 0.2) is 53.4 Å². The molecule has 0 amide bonds. The van der Waals surface area contributed by atoms with Crippen LogP contribution >= 0.6 is 11.6 Å². The summed E-state index contributed by atoms with van der Waals surface area (Å²) in [6.45, 7) is 1.93. The first-order valence-corrected chi connectivity index (χ1v) is 8.73. The van der Waals surface area contributed by atoms with Gasteiger partial charge >= 0.3 is 0 Å². The molecule has 0 saturated carbocycles. The van der Waals surface area contributed by atoms with Gasteiger partial charge in [0, 0.05) is 21.8 Å². The van der Waals surface area contributed by atoms with E-state index in [2.05, 4.69) is 10.2 Å². The topological polar surface area (TPSA) is 88.8 Å². The molecule has 7 heteroatoms. The van der Waals surface area contributed by atoms with Crippen LogP contribution in [0.25, 0.3) is 22.4 Å². The van der Waals surface area contributed by atoms with Gasteiger partial charge in [-0.05, 0) is 36.8 Å². The van der Waals surface area contributed by atoms with Gasteiger partial charge in [-0.2, -0.15) is 5.10 Å². The average Bonchev–Trinajstić information content (AvgIpc) is 2.89. The van der Waals surface area contributed by atoms with E-state index in [0.29, 0.717) is 5.02 Å². The molecule has 1 aromatic heterocycles. The van der Waals surface area contributed by atoms with Crippen LogP contribution in [0.5, 0.6) is 0 Å². The molecule has 0 aliphatic carbocycles. The highest BCUT2D eigenvalue weighted by Crippen LogP contribution is 2.33. The maximum absolute atomic E-state index is 11.3. The van der Waals surface area contributed by atoms with Gasteiger partial charge in [0.1, 0.15) is 5.69 Å². The second-order valence-corrected chi connectivity index (χ2v) is 7.15. The van der Waals surface area contributed by atoms with Crippen LogP contribution in [-0.4, -0.2) is 18.6 Å². The van der Waals surface area contributed by atoms with E-state index >= 15 is 0 Å². The second-order valence-electron chi connectivity index (χ2n) is 5.15. The molecule has 3 aromatic rings. The monoisotopic (exact) mass is 347 g/mol. The molecule has 0 saturated heterocycles. The Morgan fingerprint density at radius 2 is 1.57 bits per heavy atom. The third-order valence-corrected chi connectivity index (χ3v) is 4.72. The Hall–Kier alpha value is -2.15. The molecule has 5 nitrogen and oxygen atoms in total. The SMILES string of the molecule is Cc1[nH]nc(-c2ccc(S(N)(=O)=O)cc2)c1-c1ccc(Cl)cc1. The fourth-order valence-corrected chi connectivity index (χ4v) is 3.05. The number of benzene rings is 2. The molecule has 0 bridgehead atoms. The Labute approximate surface area is 139 Å². The normalized spacial score (nSPS) is 11.6. The average molecular weight is 348 g/mol. The molecule has 1 heterocycles. The molecule has 118 valence electrons. The quantitative estimate of drug-likeness (QED) is 0.761. The minimum atomic E-state index is -3.71. The van der Waals surface area contributed by atoms with Gasteiger partial charge in [-0.15, -0.1) is 0 Å². The number of hydrogen-bond acceptors (Lipinski definition) is 3. The third kappa shape index (κ3) is 3.14. The van der Waals surface area contributed by atoms with Crippen molar-refractivity contribution in [3.63, 3.8) is 0 Å². The molecule has 0 radical (unpaired) electrons. The summed E-state index contributed by atoms with van der Waals surface area (Å²) in [5.74, 6) is 0. The van der Waals surface area contributed by atoms with E-state index in [0.717, 1.165) is 28.1 Å². The minimum Gasteiger partial charge on any atom is -0.282 e. The molecule has 3 N–H and O–H groups in total. The predicted octanol–water partition coefficient (Wildman–Crippen LogP) is 3.35. The lowest BCUT2D eigenvalue weighted by molar-refractivity contribution is 0.598. The van der Waals surface area contributed by atoms with Crippen LogP contribution in [0.4, 0.5) is 0 Å². The zero-order chi connectivity index (χ0) is 16.6. The van der Waals surface area contributed by atoms with Crippen molar-refractivity contribution in [1.29, 1.82) is 0 Å². The molecule has 3 rings (SSSR count). The van der Waals surface area contributed by atoms with Crippen LogP contribution in [0.1, 0.15) is 5.69 Å². The van der Waals surface area contributed by atoms with Gasteiger partial charge in [-0.1, -0.05) is 35.9 Å². The summed E-state index contributed by atoms with van der Waals surface area (Å²) in [5, 5.41) is 13.1. The van der Waals surface area contributed by atoms with Crippen molar-refractivity contribution in [3.8, 4) is 22.4 Å². The third-order valence-electron chi connectivity index (χ3n) is 3.54. The van der Waals surface area contributed by atoms with E-state index in [4.69, 9.17) is 16.7 Å². The summed E-state index contributed by atoms with van der Waals surface area (Å²) >= 11 is 5.94. The Morgan fingerprint density at radius 1 is 1.00 bits per heavy atom. The number of rotatable bonds is 3. The van der Waals surface area contributed by atoms with Gasteiger partial charge in [-0.25, -0.2) is 13.6 Å². The maximum atomic E-state index is 11.3. The molecule has 0 aliphatic rings. The lowest BCUT2D eigenvalue weighted by atomic mass is 9.99. The maximum Gasteiger partial charge on any atom is 0.238 e. The standard InChI is InChI=1S/C16H14ClN3O2S/c1-10-15(11-2-6-13(17)7-3-11)16(20-19-10)12-4-8-14(9-5-12)23(18,21)22/h2-9H,1H3,(H,19,20)(H2,18,21,22). The Bertz CT molecular complexity index is 946. The number of aryl methyl sites for hydroxylation is 1. The van der Waals surface area contributed by atoms with Gasteiger partial charge < -0.3 is 0 Å². The number of nitrogens with one attached hydrogen (secondary N) is 1. The predicted molar refractivity (Wildman–Crippen MR) is 90.6 cm³/mol. The van der Waals surface area contributed by atoms with Crippen LogP contribution in [0.2, 0.25) is 5.02 Å². The summed E-state index contributed by atoms with van der Waals surface area (Å²) in [4.78, 5) is 0.0709. The number of aromatic nitrogens is 2. The van der Waals surface area contributed by atoms with Crippen LogP contribution in [0.3, 0.4) is 0 Å². The molecule has 0 unspecified atom stereocenters. The van der Waals surface area contributed by atoms with Crippen molar-refractivity contribution in [3.05, 3.63) is 59.2 Å². The number of hydrogen-bond donors (Lipinski definition) is 2. The highest BCUT2D eigenvalue weighted by atomic mass is 35.5. The number of aromatic amines is 1. The first-order chi connectivity index (χ1) is 10.9. The number of sulfonamides is 1. The highest BCUT2D eigenvalue weighted by Gasteiger charge is 2.15. The van der Waals surface area contributed by atoms with Crippen molar-refractivity contribution in [1.82, 2.24) is 10.2 Å². The van der Waals surface area contributed by atoms with E-state index in [-0.39, 0.29) is 4.90 Å². The van der Waals surface area contributed by atoms with Gasteiger partial charge in [0.25, 0.3) is 0 Å². The molecule has 2 aromatic carbocycles. The Morgan fingerprint density at radius 3 is 2.13 bits per heavy atom. The van der Waals surface area contributed by atoms with Crippen molar-refractivity contribution >= 4 is 21.6 Å². The van der Waals surface area contributed by atoms with E-state index in [1.165, 1.54) is 12.1 Å². The number of nitrogens with two attached hydrogens (primary N) is 1. The van der Waals surface area contributed by atoms with E-state index < -0.39 is 10.0 Å². The number of halogens is 1. The summed E-state index contributed by atoms with van der Waals surface area (Å²) < 4.78 is 22.7. The van der Waals surface area contributed by atoms with Gasteiger partial charge in [0.15, 0.2) is 0 Å². The molecular weight excluding hydrogens is 334 g/mol. The van der Waals surface area contributed by atoms with Crippen LogP contribution in [0, 0.1) is 6.92 Å². The second kappa shape index (κ2) is 5.81. The lowest BCUT2D eigenvalue weighted by Gasteiger charge is -2.06. The molecule has 0 fully saturated rings. The minimum absolute atomic E-state index is 0.0709. The van der Waals surface area contributed by atoms with Crippen molar-refractivity contribution < 1.29 is 8.42 Å². The van der Waals surface area contributed by atoms with Gasteiger partial charge in [0.05, 0.1) is 4.90 Å². The zero-order valence-electron chi connectivity index (χ0n) is 12.2. The number of H-pyrrole nitrogens is 1. The van der Waals surface area contributed by atoms with Crippen molar-refractivity contribution in [2.24, 2.45) is 5.14 Å². The smallest absolute Gasteiger partial charge is 0.238 e.